The Kier molecular flexibility index (Phi) is 4.31. The van der Waals surface area contributed by atoms with Gasteiger partial charge in [0.05, 0.1) is 22.3 Å². The highest BCUT2D eigenvalue weighted by Gasteiger charge is 2.52. The summed E-state index contributed by atoms with van der Waals surface area (Å²) in [5.41, 5.74) is -0.761. The smallest absolute Gasteiger partial charge is 0.489 e. The first-order valence-corrected chi connectivity index (χ1v) is 7.42. The zero-order valence-corrected chi connectivity index (χ0v) is 14.0. The Labute approximate surface area is 130 Å². The fourth-order valence-electron chi connectivity index (χ4n) is 2.04. The average molecular weight is 315 g/mol. The lowest BCUT2D eigenvalue weighted by molar-refractivity contribution is 0.00578. The Hall–Kier alpha value is -0.775. The van der Waals surface area contributed by atoms with Gasteiger partial charge in [0.25, 0.3) is 0 Å². The van der Waals surface area contributed by atoms with Crippen molar-refractivity contribution in [2.75, 3.05) is 0 Å². The number of ether oxygens (including phenoxy) is 1. The minimum absolute atomic E-state index is 0.0791. The fraction of sp³-hybridized carbons (Fsp3) is 0.600. The Bertz CT molecular complexity index is 530. The molecule has 0 amide bonds. The highest BCUT2D eigenvalue weighted by atomic mass is 35.5. The molecule has 6 heteroatoms. The predicted molar refractivity (Wildman–Crippen MR) is 82.9 cm³/mol. The van der Waals surface area contributed by atoms with Crippen LogP contribution in [0.1, 0.15) is 41.5 Å². The van der Waals surface area contributed by atoms with Crippen molar-refractivity contribution >= 4 is 24.2 Å². The number of benzene rings is 1. The second kappa shape index (κ2) is 5.45. The summed E-state index contributed by atoms with van der Waals surface area (Å²) < 4.78 is 31.5. The summed E-state index contributed by atoms with van der Waals surface area (Å²) in [4.78, 5) is 0. The summed E-state index contributed by atoms with van der Waals surface area (Å²) >= 11 is 6.16. The van der Waals surface area contributed by atoms with Crippen molar-refractivity contribution in [2.24, 2.45) is 0 Å². The molecule has 1 heterocycles. The summed E-state index contributed by atoms with van der Waals surface area (Å²) in [6, 6.07) is 2.79. The van der Waals surface area contributed by atoms with Crippen molar-refractivity contribution in [3.05, 3.63) is 23.0 Å². The molecule has 2 rings (SSSR count). The number of hydrogen-bond acceptors (Lipinski definition) is 3. The first-order chi connectivity index (χ1) is 9.53. The van der Waals surface area contributed by atoms with E-state index in [4.69, 9.17) is 25.6 Å². The van der Waals surface area contributed by atoms with E-state index in [0.29, 0.717) is 10.8 Å². The van der Waals surface area contributed by atoms with Gasteiger partial charge in [-0.2, -0.15) is 0 Å². The van der Waals surface area contributed by atoms with Gasteiger partial charge < -0.3 is 14.0 Å². The Balaban J connectivity index is 2.32. The molecular formula is C15H21BClFO3. The van der Waals surface area contributed by atoms with E-state index in [9.17, 15) is 4.39 Å². The Morgan fingerprint density at radius 2 is 1.67 bits per heavy atom. The third-order valence-corrected chi connectivity index (χ3v) is 4.22. The monoisotopic (exact) mass is 314 g/mol. The predicted octanol–water partition coefficient (Wildman–Crippen LogP) is 3.57. The van der Waals surface area contributed by atoms with Gasteiger partial charge in [0.1, 0.15) is 11.6 Å². The van der Waals surface area contributed by atoms with Crippen LogP contribution in [0.2, 0.25) is 5.02 Å². The van der Waals surface area contributed by atoms with Gasteiger partial charge in [-0.05, 0) is 47.6 Å². The van der Waals surface area contributed by atoms with Gasteiger partial charge in [-0.15, -0.1) is 0 Å². The highest BCUT2D eigenvalue weighted by molar-refractivity contribution is 6.62. The molecule has 1 saturated heterocycles. The van der Waals surface area contributed by atoms with Crippen LogP contribution in [-0.4, -0.2) is 24.4 Å². The Morgan fingerprint density at radius 3 is 2.14 bits per heavy atom. The van der Waals surface area contributed by atoms with Gasteiger partial charge >= 0.3 is 7.12 Å². The van der Waals surface area contributed by atoms with Crippen molar-refractivity contribution in [1.29, 1.82) is 0 Å². The van der Waals surface area contributed by atoms with E-state index in [2.05, 4.69) is 0 Å². The maximum atomic E-state index is 14.3. The maximum absolute atomic E-state index is 14.3. The molecule has 1 aliphatic heterocycles. The van der Waals surface area contributed by atoms with Crippen LogP contribution in [0.25, 0.3) is 0 Å². The highest BCUT2D eigenvalue weighted by Crippen LogP contribution is 2.37. The van der Waals surface area contributed by atoms with E-state index in [1.807, 2.05) is 41.5 Å². The van der Waals surface area contributed by atoms with E-state index in [-0.39, 0.29) is 11.6 Å². The third-order valence-electron chi connectivity index (χ3n) is 3.92. The largest absolute Gasteiger partial charge is 0.497 e. The molecular weight excluding hydrogens is 293 g/mol. The molecule has 3 nitrogen and oxygen atoms in total. The molecule has 21 heavy (non-hydrogen) atoms. The van der Waals surface area contributed by atoms with E-state index in [0.717, 1.165) is 0 Å². The first kappa shape index (κ1) is 16.6. The zero-order chi connectivity index (χ0) is 16.0. The topological polar surface area (TPSA) is 27.7 Å². The van der Waals surface area contributed by atoms with Crippen molar-refractivity contribution in [3.8, 4) is 5.75 Å². The van der Waals surface area contributed by atoms with Gasteiger partial charge in [0.15, 0.2) is 0 Å². The average Bonchev–Trinajstić information content (AvgIpc) is 2.52. The minimum Gasteiger partial charge on any atom is -0.489 e. The molecule has 0 spiro atoms. The number of halogens is 2. The second-order valence-electron chi connectivity index (χ2n) is 6.56. The van der Waals surface area contributed by atoms with Crippen LogP contribution in [0.4, 0.5) is 4.39 Å². The zero-order valence-electron chi connectivity index (χ0n) is 13.3. The van der Waals surface area contributed by atoms with Crippen molar-refractivity contribution in [2.45, 2.75) is 58.8 Å². The summed E-state index contributed by atoms with van der Waals surface area (Å²) in [5, 5.41) is 0.342. The summed E-state index contributed by atoms with van der Waals surface area (Å²) in [6.07, 6.45) is -0.0791. The van der Waals surface area contributed by atoms with Crippen LogP contribution < -0.4 is 10.2 Å². The van der Waals surface area contributed by atoms with Crippen molar-refractivity contribution in [1.82, 2.24) is 0 Å². The minimum atomic E-state index is -0.777. The number of hydrogen-bond donors (Lipinski definition) is 0. The molecule has 0 unspecified atom stereocenters. The lowest BCUT2D eigenvalue weighted by Crippen LogP contribution is -2.41. The van der Waals surface area contributed by atoms with Crippen molar-refractivity contribution in [3.63, 3.8) is 0 Å². The maximum Gasteiger partial charge on any atom is 0.497 e. The molecule has 0 aliphatic carbocycles. The third kappa shape index (κ3) is 3.20. The first-order valence-electron chi connectivity index (χ1n) is 7.05. The molecule has 1 aromatic carbocycles. The lowest BCUT2D eigenvalue weighted by Gasteiger charge is -2.32. The number of rotatable bonds is 3. The Morgan fingerprint density at radius 1 is 1.14 bits per heavy atom. The van der Waals surface area contributed by atoms with Gasteiger partial charge in [0, 0.05) is 11.5 Å². The second-order valence-corrected chi connectivity index (χ2v) is 6.97. The van der Waals surface area contributed by atoms with Gasteiger partial charge in [-0.1, -0.05) is 11.6 Å². The van der Waals surface area contributed by atoms with E-state index in [1.165, 1.54) is 12.1 Å². The quantitative estimate of drug-likeness (QED) is 0.798. The van der Waals surface area contributed by atoms with E-state index < -0.39 is 24.1 Å². The lowest BCUT2D eigenvalue weighted by atomic mass is 9.78. The summed E-state index contributed by atoms with van der Waals surface area (Å²) in [6.45, 7) is 11.4. The molecule has 1 aliphatic rings. The van der Waals surface area contributed by atoms with E-state index in [1.54, 1.807) is 0 Å². The van der Waals surface area contributed by atoms with Crippen molar-refractivity contribution < 1.29 is 18.4 Å². The SMILES string of the molecule is CC(C)Oc1cc(F)c(B2OC(C)(C)C(C)(C)O2)cc1Cl. The van der Waals surface area contributed by atoms with Crippen LogP contribution in [0.3, 0.4) is 0 Å². The summed E-state index contributed by atoms with van der Waals surface area (Å²) in [7, 11) is -0.777. The molecule has 1 fully saturated rings. The summed E-state index contributed by atoms with van der Waals surface area (Å²) in [5.74, 6) is -0.127. The fourth-order valence-corrected chi connectivity index (χ4v) is 2.26. The van der Waals surface area contributed by atoms with Crippen LogP contribution in [0, 0.1) is 5.82 Å². The normalized spacial score (nSPS) is 20.1. The molecule has 0 bridgehead atoms. The van der Waals surface area contributed by atoms with Crippen LogP contribution in [-0.2, 0) is 9.31 Å². The molecule has 116 valence electrons. The molecule has 0 aromatic heterocycles. The van der Waals surface area contributed by atoms with Gasteiger partial charge in [-0.25, -0.2) is 4.39 Å². The van der Waals surface area contributed by atoms with Gasteiger partial charge in [0.2, 0.25) is 0 Å². The molecule has 0 atom stereocenters. The standard InChI is InChI=1S/C15H21BClFO3/c1-9(2)19-13-8-12(18)10(7-11(13)17)16-20-14(3,4)15(5,6)21-16/h7-9H,1-6H3. The molecule has 0 N–H and O–H groups in total. The van der Waals surface area contributed by atoms with Crippen LogP contribution in [0.15, 0.2) is 12.1 Å². The molecule has 1 aromatic rings. The molecule has 0 saturated carbocycles. The van der Waals surface area contributed by atoms with Gasteiger partial charge in [-0.3, -0.25) is 0 Å². The van der Waals surface area contributed by atoms with Crippen LogP contribution in [0.5, 0.6) is 5.75 Å². The molecule has 0 radical (unpaired) electrons. The van der Waals surface area contributed by atoms with Crippen LogP contribution >= 0.6 is 11.6 Å². The van der Waals surface area contributed by atoms with E-state index >= 15 is 0 Å².